The molecule has 0 fully saturated rings. The zero-order chi connectivity index (χ0) is 20.8. The van der Waals surface area contributed by atoms with Crippen molar-refractivity contribution in [1.29, 1.82) is 0 Å². The van der Waals surface area contributed by atoms with Gasteiger partial charge in [-0.3, -0.25) is 0 Å². The second-order valence-corrected chi connectivity index (χ2v) is 7.91. The van der Waals surface area contributed by atoms with Gasteiger partial charge in [0.05, 0.1) is 0 Å². The molecule has 0 aliphatic carbocycles. The molecule has 1 heterocycles. The average molecular weight is 404 g/mol. The van der Waals surface area contributed by atoms with E-state index in [9.17, 15) is 5.11 Å². The van der Waals surface area contributed by atoms with Crippen molar-refractivity contribution >= 4 is 0 Å². The number of rotatable bonds is 8. The Kier molecular flexibility index (Phi) is 6.67. The molecule has 0 amide bonds. The van der Waals surface area contributed by atoms with E-state index in [-0.39, 0.29) is 12.5 Å². The first-order valence-corrected chi connectivity index (χ1v) is 10.5. The van der Waals surface area contributed by atoms with Crippen LogP contribution in [-0.4, -0.2) is 42.9 Å². The number of fused-ring (bicyclic) bond motifs is 2. The molecule has 4 heteroatoms. The summed E-state index contributed by atoms with van der Waals surface area (Å²) in [6.45, 7) is 2.33. The fourth-order valence-corrected chi connectivity index (χ4v) is 4.10. The number of para-hydroxylation sites is 2. The molecule has 3 aromatic rings. The van der Waals surface area contributed by atoms with Crippen molar-refractivity contribution < 1.29 is 14.6 Å². The summed E-state index contributed by atoms with van der Waals surface area (Å²) >= 11 is 0. The van der Waals surface area contributed by atoms with Gasteiger partial charge in [-0.15, -0.1) is 0 Å². The summed E-state index contributed by atoms with van der Waals surface area (Å²) in [6.07, 6.45) is 0.424. The van der Waals surface area contributed by atoms with Crippen molar-refractivity contribution in [3.63, 3.8) is 0 Å². The number of benzene rings is 3. The van der Waals surface area contributed by atoms with Gasteiger partial charge < -0.3 is 19.5 Å². The van der Waals surface area contributed by atoms with Crippen molar-refractivity contribution in [1.82, 2.24) is 4.90 Å². The number of nitrogens with zero attached hydrogens (tertiary/aromatic N) is 1. The third-order valence-corrected chi connectivity index (χ3v) is 5.62. The molecule has 30 heavy (non-hydrogen) atoms. The molecule has 156 valence electrons. The molecule has 0 aromatic heterocycles. The van der Waals surface area contributed by atoms with Gasteiger partial charge in [-0.25, -0.2) is 0 Å². The zero-order valence-corrected chi connectivity index (χ0v) is 17.4. The van der Waals surface area contributed by atoms with Crippen LogP contribution in [0.5, 0.6) is 11.5 Å². The highest BCUT2D eigenvalue weighted by molar-refractivity contribution is 5.46. The molecule has 0 saturated carbocycles. The summed E-state index contributed by atoms with van der Waals surface area (Å²) in [7, 11) is 2.05. The van der Waals surface area contributed by atoms with Crippen LogP contribution in [0, 0.1) is 0 Å². The highest BCUT2D eigenvalue weighted by Gasteiger charge is 2.24. The summed E-state index contributed by atoms with van der Waals surface area (Å²) in [5.74, 6) is 2.03. The van der Waals surface area contributed by atoms with Gasteiger partial charge in [-0.05, 0) is 49.3 Å². The average Bonchev–Trinajstić information content (AvgIpc) is 2.94. The number of hydrogen-bond acceptors (Lipinski definition) is 4. The van der Waals surface area contributed by atoms with E-state index in [1.807, 2.05) is 36.4 Å². The van der Waals surface area contributed by atoms with Crippen LogP contribution in [0.2, 0.25) is 0 Å². The van der Waals surface area contributed by atoms with E-state index in [4.69, 9.17) is 9.47 Å². The molecule has 2 atom stereocenters. The molecule has 1 N–H and O–H groups in total. The van der Waals surface area contributed by atoms with Crippen LogP contribution in [0.4, 0.5) is 0 Å². The second kappa shape index (κ2) is 9.79. The van der Waals surface area contributed by atoms with E-state index in [2.05, 4.69) is 54.4 Å². The summed E-state index contributed by atoms with van der Waals surface area (Å²) in [5, 5.41) is 10.4. The molecule has 0 unspecified atom stereocenters. The van der Waals surface area contributed by atoms with E-state index in [0.29, 0.717) is 13.2 Å². The quantitative estimate of drug-likeness (QED) is 0.602. The topological polar surface area (TPSA) is 41.9 Å². The number of ether oxygens (including phenoxy) is 2. The Bertz CT molecular complexity index is 896. The van der Waals surface area contributed by atoms with Crippen LogP contribution >= 0.6 is 0 Å². The van der Waals surface area contributed by atoms with Gasteiger partial charge in [0.25, 0.3) is 0 Å². The van der Waals surface area contributed by atoms with Crippen molar-refractivity contribution in [2.24, 2.45) is 0 Å². The largest absolute Gasteiger partial charge is 0.491 e. The third-order valence-electron chi connectivity index (χ3n) is 5.62. The van der Waals surface area contributed by atoms with E-state index < -0.39 is 6.10 Å². The fourth-order valence-electron chi connectivity index (χ4n) is 4.10. The lowest BCUT2D eigenvalue weighted by atomic mass is 9.86. The SMILES string of the molecule is CN(CC[C@H]1c2ccccc2COc2ccccc21)C[C@@H](O)COc1ccccc1. The van der Waals surface area contributed by atoms with Crippen LogP contribution in [0.1, 0.15) is 29.0 Å². The first kappa shape index (κ1) is 20.5. The number of aliphatic hydroxyl groups excluding tert-OH is 1. The van der Waals surface area contributed by atoms with E-state index in [1.165, 1.54) is 16.7 Å². The van der Waals surface area contributed by atoms with Gasteiger partial charge in [-0.1, -0.05) is 60.7 Å². The molecular weight excluding hydrogens is 374 g/mol. The van der Waals surface area contributed by atoms with Crippen LogP contribution < -0.4 is 9.47 Å². The number of likely N-dealkylation sites (N-methyl/N-ethyl adjacent to an activating group) is 1. The van der Waals surface area contributed by atoms with E-state index >= 15 is 0 Å². The van der Waals surface area contributed by atoms with Gasteiger partial charge in [0, 0.05) is 18.0 Å². The van der Waals surface area contributed by atoms with E-state index in [0.717, 1.165) is 24.5 Å². The standard InChI is InChI=1S/C26H29NO3/c1-27(17-21(28)19-29-22-10-3-2-4-11-22)16-15-24-23-12-6-5-9-20(23)18-30-26-14-8-7-13-25(24)26/h2-14,21,24,28H,15-19H2,1H3/t21-,24+/m1/s1. The van der Waals surface area contributed by atoms with Crippen LogP contribution in [0.15, 0.2) is 78.9 Å². The summed E-state index contributed by atoms with van der Waals surface area (Å²) < 4.78 is 11.8. The Hall–Kier alpha value is -2.82. The van der Waals surface area contributed by atoms with Crippen molar-refractivity contribution in [2.75, 3.05) is 26.7 Å². The minimum absolute atomic E-state index is 0.278. The molecule has 1 aliphatic heterocycles. The molecule has 0 bridgehead atoms. The monoisotopic (exact) mass is 403 g/mol. The Morgan fingerprint density at radius 3 is 2.50 bits per heavy atom. The first-order chi connectivity index (χ1) is 14.7. The highest BCUT2D eigenvalue weighted by atomic mass is 16.5. The predicted molar refractivity (Wildman–Crippen MR) is 119 cm³/mol. The summed E-state index contributed by atoms with van der Waals surface area (Å²) in [4.78, 5) is 2.18. The summed E-state index contributed by atoms with van der Waals surface area (Å²) in [5.41, 5.74) is 3.82. The Balaban J connectivity index is 1.38. The molecule has 1 aliphatic rings. The normalized spacial score (nSPS) is 16.2. The van der Waals surface area contributed by atoms with Gasteiger partial charge in [0.2, 0.25) is 0 Å². The van der Waals surface area contributed by atoms with E-state index in [1.54, 1.807) is 0 Å². The number of hydrogen-bond donors (Lipinski definition) is 1. The highest BCUT2D eigenvalue weighted by Crippen LogP contribution is 2.39. The lowest BCUT2D eigenvalue weighted by Crippen LogP contribution is -2.34. The van der Waals surface area contributed by atoms with Gasteiger partial charge in [0.15, 0.2) is 0 Å². The summed E-state index contributed by atoms with van der Waals surface area (Å²) in [6, 6.07) is 26.5. The van der Waals surface area contributed by atoms with Gasteiger partial charge in [-0.2, -0.15) is 0 Å². The lowest BCUT2D eigenvalue weighted by Gasteiger charge is -2.24. The Morgan fingerprint density at radius 1 is 0.967 bits per heavy atom. The molecule has 3 aromatic carbocycles. The predicted octanol–water partition coefficient (Wildman–Crippen LogP) is 4.47. The van der Waals surface area contributed by atoms with Crippen molar-refractivity contribution in [3.05, 3.63) is 95.6 Å². The molecule has 0 radical (unpaired) electrons. The first-order valence-electron chi connectivity index (χ1n) is 10.5. The maximum Gasteiger partial charge on any atom is 0.123 e. The van der Waals surface area contributed by atoms with Crippen LogP contribution in [0.3, 0.4) is 0 Å². The maximum atomic E-state index is 10.4. The fraction of sp³-hybridized carbons (Fsp3) is 0.308. The Morgan fingerprint density at radius 2 is 1.67 bits per heavy atom. The molecule has 4 nitrogen and oxygen atoms in total. The molecule has 0 saturated heterocycles. The second-order valence-electron chi connectivity index (χ2n) is 7.91. The van der Waals surface area contributed by atoms with Gasteiger partial charge in [0.1, 0.15) is 30.8 Å². The minimum atomic E-state index is -0.535. The lowest BCUT2D eigenvalue weighted by molar-refractivity contribution is 0.0757. The minimum Gasteiger partial charge on any atom is -0.491 e. The third kappa shape index (κ3) is 5.02. The van der Waals surface area contributed by atoms with Crippen molar-refractivity contribution in [3.8, 4) is 11.5 Å². The molecule has 4 rings (SSSR count). The van der Waals surface area contributed by atoms with Crippen LogP contribution in [0.25, 0.3) is 0 Å². The maximum absolute atomic E-state index is 10.4. The molecule has 0 spiro atoms. The number of aliphatic hydroxyl groups is 1. The smallest absolute Gasteiger partial charge is 0.123 e. The zero-order valence-electron chi connectivity index (χ0n) is 17.4. The van der Waals surface area contributed by atoms with Crippen molar-refractivity contribution in [2.45, 2.75) is 25.0 Å². The molecular formula is C26H29NO3. The van der Waals surface area contributed by atoms with Gasteiger partial charge >= 0.3 is 0 Å². The van der Waals surface area contributed by atoms with Crippen LogP contribution in [-0.2, 0) is 6.61 Å². The Labute approximate surface area is 178 Å².